The highest BCUT2D eigenvalue weighted by molar-refractivity contribution is 6.26. The van der Waals surface area contributed by atoms with Gasteiger partial charge in [-0.2, -0.15) is 0 Å². The van der Waals surface area contributed by atoms with Gasteiger partial charge in [-0.1, -0.05) is 0 Å². The highest BCUT2D eigenvalue weighted by Gasteiger charge is 2.34. The van der Waals surface area contributed by atoms with Crippen molar-refractivity contribution in [2.24, 2.45) is 0 Å². The molecular weight excluding hydrogens is 253 g/mol. The lowest BCUT2D eigenvalue weighted by Crippen LogP contribution is -2.53. The molecule has 1 N–H and O–H groups in total. The van der Waals surface area contributed by atoms with E-state index in [4.69, 9.17) is 0 Å². The van der Waals surface area contributed by atoms with E-state index >= 15 is 0 Å². The summed E-state index contributed by atoms with van der Waals surface area (Å²) in [5.41, 5.74) is -0.873. The van der Waals surface area contributed by atoms with E-state index < -0.39 is 47.4 Å². The molecule has 0 radical (unpaired) electrons. The van der Waals surface area contributed by atoms with Crippen LogP contribution in [-0.2, 0) is 9.59 Å². The van der Waals surface area contributed by atoms with Gasteiger partial charge in [0.1, 0.15) is 12.2 Å². The fraction of sp³-hybridized carbons (Fsp3) is 0.100. The molecule has 1 aromatic carbocycles. The Kier molecular flexibility index (Phi) is 2.77. The van der Waals surface area contributed by atoms with Gasteiger partial charge < -0.3 is 0 Å². The number of rotatable bonds is 1. The van der Waals surface area contributed by atoms with Crippen molar-refractivity contribution in [2.45, 2.75) is 6.42 Å². The predicted octanol–water partition coefficient (Wildman–Crippen LogP) is 1.08. The summed E-state index contributed by atoms with van der Waals surface area (Å²) in [6.07, 6.45) is -0.705. The smallest absolute Gasteiger partial charge is 0.277 e. The third-order valence-electron chi connectivity index (χ3n) is 2.23. The van der Waals surface area contributed by atoms with Crippen LogP contribution in [0.25, 0.3) is 0 Å². The number of nitrogens with zero attached hydrogens (tertiary/aromatic N) is 1. The first kappa shape index (κ1) is 12.1. The third kappa shape index (κ3) is 1.92. The Hall–Kier alpha value is -2.38. The summed E-state index contributed by atoms with van der Waals surface area (Å²) < 4.78 is 39.3. The molecule has 1 aliphatic rings. The van der Waals surface area contributed by atoms with E-state index in [2.05, 4.69) is 0 Å². The van der Waals surface area contributed by atoms with Crippen molar-refractivity contribution in [1.29, 1.82) is 0 Å². The van der Waals surface area contributed by atoms with Crippen molar-refractivity contribution < 1.29 is 27.6 Å². The van der Waals surface area contributed by atoms with Crippen LogP contribution in [0.3, 0.4) is 0 Å². The van der Waals surface area contributed by atoms with Gasteiger partial charge in [-0.3, -0.25) is 14.9 Å². The highest BCUT2D eigenvalue weighted by atomic mass is 19.2. The number of nitrogens with one attached hydrogen (secondary N) is 1. The molecule has 1 aliphatic heterocycles. The van der Waals surface area contributed by atoms with Gasteiger partial charge in [-0.25, -0.2) is 22.9 Å². The van der Waals surface area contributed by atoms with Crippen molar-refractivity contribution in [3.63, 3.8) is 0 Å². The molecule has 1 saturated heterocycles. The Bertz CT molecular complexity index is 554. The molecule has 0 unspecified atom stereocenters. The van der Waals surface area contributed by atoms with Crippen LogP contribution >= 0.6 is 0 Å². The van der Waals surface area contributed by atoms with Gasteiger partial charge in [0.05, 0.1) is 5.69 Å². The number of urea groups is 1. The number of barbiturate groups is 1. The molecule has 1 aromatic rings. The molecule has 0 spiro atoms. The standard InChI is InChI=1S/C10H5F3N2O3/c11-4-1-5(12)9(13)6(2-4)15-8(17)3-7(16)14-10(15)18/h1-2H,3H2,(H,14,16,18). The molecule has 0 bridgehead atoms. The van der Waals surface area contributed by atoms with E-state index in [0.29, 0.717) is 6.07 Å². The zero-order valence-electron chi connectivity index (χ0n) is 8.67. The largest absolute Gasteiger partial charge is 0.335 e. The molecule has 8 heteroatoms. The summed E-state index contributed by atoms with van der Waals surface area (Å²) in [6, 6.07) is -0.484. The average molecular weight is 258 g/mol. The van der Waals surface area contributed by atoms with Gasteiger partial charge in [-0.15, -0.1) is 0 Å². The Morgan fingerprint density at radius 3 is 2.39 bits per heavy atom. The summed E-state index contributed by atoms with van der Waals surface area (Å²) >= 11 is 0. The highest BCUT2D eigenvalue weighted by Crippen LogP contribution is 2.25. The molecule has 2 rings (SSSR count). The average Bonchev–Trinajstić information content (AvgIpc) is 2.23. The molecule has 0 aromatic heterocycles. The number of hydrogen-bond acceptors (Lipinski definition) is 3. The molecule has 18 heavy (non-hydrogen) atoms. The van der Waals surface area contributed by atoms with E-state index in [1.54, 1.807) is 5.32 Å². The minimum atomic E-state index is -1.55. The fourth-order valence-electron chi connectivity index (χ4n) is 1.50. The van der Waals surface area contributed by atoms with Crippen LogP contribution in [0.15, 0.2) is 12.1 Å². The van der Waals surface area contributed by atoms with Gasteiger partial charge in [0.15, 0.2) is 11.6 Å². The summed E-state index contributed by atoms with van der Waals surface area (Å²) in [7, 11) is 0. The molecule has 94 valence electrons. The maximum Gasteiger partial charge on any atom is 0.335 e. The molecule has 1 fully saturated rings. The van der Waals surface area contributed by atoms with Crippen molar-refractivity contribution in [3.8, 4) is 0 Å². The van der Waals surface area contributed by atoms with E-state index in [1.165, 1.54) is 0 Å². The Labute approximate surface area is 98.2 Å². The first-order chi connectivity index (χ1) is 8.40. The van der Waals surface area contributed by atoms with Crippen LogP contribution in [-0.4, -0.2) is 17.8 Å². The van der Waals surface area contributed by atoms with E-state index in [0.717, 1.165) is 0 Å². The van der Waals surface area contributed by atoms with Crippen LogP contribution in [0, 0.1) is 17.5 Å². The fourth-order valence-corrected chi connectivity index (χ4v) is 1.50. The van der Waals surface area contributed by atoms with Gasteiger partial charge in [-0.05, 0) is 0 Å². The van der Waals surface area contributed by atoms with Crippen LogP contribution in [0.5, 0.6) is 0 Å². The van der Waals surface area contributed by atoms with Crippen LogP contribution in [0.2, 0.25) is 0 Å². The zero-order valence-corrected chi connectivity index (χ0v) is 8.67. The number of halogens is 3. The first-order valence-electron chi connectivity index (χ1n) is 4.71. The predicted molar refractivity (Wildman–Crippen MR) is 52.0 cm³/mol. The first-order valence-corrected chi connectivity index (χ1v) is 4.71. The second-order valence-corrected chi connectivity index (χ2v) is 3.48. The molecule has 1 heterocycles. The zero-order chi connectivity index (χ0) is 13.4. The number of carbonyl (C=O) groups is 3. The Balaban J connectivity index is 2.51. The maximum atomic E-state index is 13.4. The molecular formula is C10H5F3N2O3. The minimum Gasteiger partial charge on any atom is -0.277 e. The molecule has 5 nitrogen and oxygen atoms in total. The second-order valence-electron chi connectivity index (χ2n) is 3.48. The van der Waals surface area contributed by atoms with Crippen LogP contribution in [0.1, 0.15) is 6.42 Å². The summed E-state index contributed by atoms with van der Waals surface area (Å²) in [4.78, 5) is 33.8. The van der Waals surface area contributed by atoms with Crippen molar-refractivity contribution in [1.82, 2.24) is 5.32 Å². The lowest BCUT2D eigenvalue weighted by Gasteiger charge is -2.24. The lowest BCUT2D eigenvalue weighted by atomic mass is 10.2. The van der Waals surface area contributed by atoms with E-state index in [9.17, 15) is 27.6 Å². The topological polar surface area (TPSA) is 66.5 Å². The minimum absolute atomic E-state index is 0.183. The van der Waals surface area contributed by atoms with Gasteiger partial charge in [0.2, 0.25) is 11.8 Å². The van der Waals surface area contributed by atoms with Crippen molar-refractivity contribution in [2.75, 3.05) is 4.90 Å². The lowest BCUT2D eigenvalue weighted by molar-refractivity contribution is -0.128. The van der Waals surface area contributed by atoms with Crippen molar-refractivity contribution >= 4 is 23.5 Å². The third-order valence-corrected chi connectivity index (χ3v) is 2.23. The number of anilines is 1. The number of amides is 4. The monoisotopic (exact) mass is 258 g/mol. The quantitative estimate of drug-likeness (QED) is 0.605. The number of carbonyl (C=O) groups excluding carboxylic acids is 3. The Morgan fingerprint density at radius 1 is 1.11 bits per heavy atom. The summed E-state index contributed by atoms with van der Waals surface area (Å²) in [5, 5.41) is 1.74. The van der Waals surface area contributed by atoms with E-state index in [-0.39, 0.29) is 11.0 Å². The summed E-state index contributed by atoms with van der Waals surface area (Å²) in [6.45, 7) is 0. The van der Waals surface area contributed by atoms with Gasteiger partial charge >= 0.3 is 6.03 Å². The second kappa shape index (κ2) is 4.13. The number of imide groups is 2. The van der Waals surface area contributed by atoms with Gasteiger partial charge in [0, 0.05) is 12.1 Å². The molecule has 0 aliphatic carbocycles. The van der Waals surface area contributed by atoms with Crippen molar-refractivity contribution in [3.05, 3.63) is 29.6 Å². The normalized spacial score (nSPS) is 15.9. The van der Waals surface area contributed by atoms with Crippen LogP contribution < -0.4 is 10.2 Å². The number of hydrogen-bond donors (Lipinski definition) is 1. The SMILES string of the molecule is O=C1CC(=O)N(c2cc(F)cc(F)c2F)C(=O)N1. The molecule has 0 atom stereocenters. The molecule has 4 amide bonds. The number of benzene rings is 1. The van der Waals surface area contributed by atoms with Gasteiger partial charge in [0.25, 0.3) is 0 Å². The molecule has 0 saturated carbocycles. The Morgan fingerprint density at radius 2 is 1.78 bits per heavy atom. The van der Waals surface area contributed by atoms with E-state index in [1.807, 2.05) is 0 Å². The summed E-state index contributed by atoms with van der Waals surface area (Å²) in [5.74, 6) is -6.16. The van der Waals surface area contributed by atoms with Crippen LogP contribution in [0.4, 0.5) is 23.7 Å². The maximum absolute atomic E-state index is 13.4.